The second kappa shape index (κ2) is 7.75. The van der Waals surface area contributed by atoms with Gasteiger partial charge in [0.25, 0.3) is 5.91 Å². The van der Waals surface area contributed by atoms with Crippen molar-refractivity contribution >= 4 is 22.5 Å². The lowest BCUT2D eigenvalue weighted by molar-refractivity contribution is 0.102. The van der Waals surface area contributed by atoms with Crippen LogP contribution in [0.1, 0.15) is 30.1 Å². The van der Waals surface area contributed by atoms with E-state index in [1.165, 1.54) is 12.1 Å². The molecule has 0 unspecified atom stereocenters. The Labute approximate surface area is 145 Å². The number of unbranched alkanes of at least 4 members (excludes halogenated alkanes) is 1. The van der Waals surface area contributed by atoms with Gasteiger partial charge in [0, 0.05) is 11.6 Å². The van der Waals surface area contributed by atoms with E-state index in [1.807, 2.05) is 6.07 Å². The monoisotopic (exact) mass is 338 g/mol. The number of ether oxygens (including phenoxy) is 1. The number of benzene rings is 2. The molecule has 0 atom stereocenters. The van der Waals surface area contributed by atoms with Crippen LogP contribution in [0.3, 0.4) is 0 Å². The lowest BCUT2D eigenvalue weighted by Gasteiger charge is -2.13. The first-order chi connectivity index (χ1) is 12.2. The number of hydrogen-bond donors (Lipinski definition) is 1. The number of carbonyl (C=O) groups excluding carboxylic acids is 1. The molecule has 2 aromatic carbocycles. The highest BCUT2D eigenvalue weighted by atomic mass is 19.1. The molecule has 1 N–H and O–H groups in total. The number of hydrogen-bond acceptors (Lipinski definition) is 3. The average molecular weight is 338 g/mol. The molecule has 0 fully saturated rings. The SMILES string of the molecule is CCCCOc1ccc(NC(=O)c2ccccc2F)c2cccnc12. The number of nitrogens with one attached hydrogen (secondary N) is 1. The Kier molecular flexibility index (Phi) is 5.23. The first-order valence-electron chi connectivity index (χ1n) is 8.27. The number of pyridine rings is 1. The van der Waals surface area contributed by atoms with E-state index in [0.717, 1.165) is 18.2 Å². The van der Waals surface area contributed by atoms with Crippen molar-refractivity contribution in [2.75, 3.05) is 11.9 Å². The maximum atomic E-state index is 13.8. The number of amides is 1. The Balaban J connectivity index is 1.91. The van der Waals surface area contributed by atoms with Crippen LogP contribution < -0.4 is 10.1 Å². The topological polar surface area (TPSA) is 51.2 Å². The number of rotatable bonds is 6. The van der Waals surface area contributed by atoms with Gasteiger partial charge in [-0.25, -0.2) is 4.39 Å². The summed E-state index contributed by atoms with van der Waals surface area (Å²) in [6.07, 6.45) is 3.68. The van der Waals surface area contributed by atoms with Gasteiger partial charge in [0.2, 0.25) is 0 Å². The number of nitrogens with zero attached hydrogens (tertiary/aromatic N) is 1. The van der Waals surface area contributed by atoms with Crippen LogP contribution in [-0.4, -0.2) is 17.5 Å². The van der Waals surface area contributed by atoms with Crippen LogP contribution in [-0.2, 0) is 0 Å². The third-order valence-electron chi connectivity index (χ3n) is 3.85. The van der Waals surface area contributed by atoms with Crippen LogP contribution in [0.25, 0.3) is 10.9 Å². The molecule has 3 aromatic rings. The molecule has 3 rings (SSSR count). The Morgan fingerprint density at radius 1 is 1.16 bits per heavy atom. The summed E-state index contributed by atoms with van der Waals surface area (Å²) in [6.45, 7) is 2.71. The van der Waals surface area contributed by atoms with Gasteiger partial charge < -0.3 is 10.1 Å². The predicted molar refractivity (Wildman–Crippen MR) is 96.5 cm³/mol. The Hall–Kier alpha value is -2.95. The summed E-state index contributed by atoms with van der Waals surface area (Å²) in [7, 11) is 0. The van der Waals surface area contributed by atoms with Crippen molar-refractivity contribution in [1.29, 1.82) is 0 Å². The van der Waals surface area contributed by atoms with E-state index < -0.39 is 11.7 Å². The van der Waals surface area contributed by atoms with Gasteiger partial charge in [0.05, 0.1) is 17.9 Å². The lowest BCUT2D eigenvalue weighted by Crippen LogP contribution is -2.14. The quantitative estimate of drug-likeness (QED) is 0.657. The molecule has 0 aliphatic rings. The molecular weight excluding hydrogens is 319 g/mol. The minimum Gasteiger partial charge on any atom is -0.491 e. The molecule has 1 amide bonds. The molecule has 128 valence electrons. The molecule has 25 heavy (non-hydrogen) atoms. The molecule has 0 aliphatic carbocycles. The maximum absolute atomic E-state index is 13.8. The van der Waals surface area contributed by atoms with E-state index in [1.54, 1.807) is 36.5 Å². The summed E-state index contributed by atoms with van der Waals surface area (Å²) in [5.74, 6) is -0.377. The zero-order valence-electron chi connectivity index (χ0n) is 14.0. The molecule has 0 radical (unpaired) electrons. The highest BCUT2D eigenvalue weighted by Gasteiger charge is 2.14. The summed E-state index contributed by atoms with van der Waals surface area (Å²) < 4.78 is 19.6. The van der Waals surface area contributed by atoms with Crippen molar-refractivity contribution < 1.29 is 13.9 Å². The number of halogens is 1. The Bertz CT molecular complexity index is 896. The molecule has 1 aromatic heterocycles. The van der Waals surface area contributed by atoms with Crippen molar-refractivity contribution in [3.8, 4) is 5.75 Å². The maximum Gasteiger partial charge on any atom is 0.258 e. The summed E-state index contributed by atoms with van der Waals surface area (Å²) in [4.78, 5) is 16.7. The van der Waals surface area contributed by atoms with Crippen molar-refractivity contribution in [3.05, 3.63) is 66.1 Å². The minimum absolute atomic E-state index is 0.00260. The van der Waals surface area contributed by atoms with Gasteiger partial charge in [-0.3, -0.25) is 9.78 Å². The summed E-state index contributed by atoms with van der Waals surface area (Å²) in [6, 6.07) is 13.1. The van der Waals surface area contributed by atoms with Gasteiger partial charge in [0.1, 0.15) is 17.1 Å². The van der Waals surface area contributed by atoms with Crippen LogP contribution in [0.2, 0.25) is 0 Å². The second-order valence-corrected chi connectivity index (χ2v) is 5.65. The highest BCUT2D eigenvalue weighted by molar-refractivity contribution is 6.09. The van der Waals surface area contributed by atoms with Gasteiger partial charge >= 0.3 is 0 Å². The fourth-order valence-corrected chi connectivity index (χ4v) is 2.53. The largest absolute Gasteiger partial charge is 0.491 e. The molecule has 0 bridgehead atoms. The fourth-order valence-electron chi connectivity index (χ4n) is 2.53. The van der Waals surface area contributed by atoms with Gasteiger partial charge in [-0.2, -0.15) is 0 Å². The van der Waals surface area contributed by atoms with E-state index in [-0.39, 0.29) is 5.56 Å². The highest BCUT2D eigenvalue weighted by Crippen LogP contribution is 2.30. The van der Waals surface area contributed by atoms with E-state index in [9.17, 15) is 9.18 Å². The van der Waals surface area contributed by atoms with Gasteiger partial charge in [-0.05, 0) is 42.8 Å². The normalized spacial score (nSPS) is 10.6. The smallest absolute Gasteiger partial charge is 0.258 e. The minimum atomic E-state index is -0.554. The number of fused-ring (bicyclic) bond motifs is 1. The standard InChI is InChI=1S/C20H19FN2O2/c1-2-3-13-25-18-11-10-17(15-8-6-12-22-19(15)18)23-20(24)14-7-4-5-9-16(14)21/h4-12H,2-3,13H2,1H3,(H,23,24). The first kappa shape index (κ1) is 16.9. The zero-order valence-corrected chi connectivity index (χ0v) is 14.0. The molecule has 0 saturated heterocycles. The molecule has 0 aliphatic heterocycles. The van der Waals surface area contributed by atoms with Crippen LogP contribution in [0.5, 0.6) is 5.75 Å². The van der Waals surface area contributed by atoms with Crippen molar-refractivity contribution in [2.45, 2.75) is 19.8 Å². The number of anilines is 1. The van der Waals surface area contributed by atoms with Gasteiger partial charge in [-0.1, -0.05) is 25.5 Å². The number of carbonyl (C=O) groups is 1. The summed E-state index contributed by atoms with van der Waals surface area (Å²) in [5.41, 5.74) is 1.24. The molecule has 1 heterocycles. The second-order valence-electron chi connectivity index (χ2n) is 5.65. The average Bonchev–Trinajstić information content (AvgIpc) is 2.64. The molecule has 5 heteroatoms. The Morgan fingerprint density at radius 2 is 2.00 bits per heavy atom. The van der Waals surface area contributed by atoms with Crippen LogP contribution >= 0.6 is 0 Å². The molecule has 0 spiro atoms. The molecular formula is C20H19FN2O2. The van der Waals surface area contributed by atoms with Crippen LogP contribution in [0, 0.1) is 5.82 Å². The number of aromatic nitrogens is 1. The third-order valence-corrected chi connectivity index (χ3v) is 3.85. The molecule has 0 saturated carbocycles. The van der Waals surface area contributed by atoms with E-state index >= 15 is 0 Å². The van der Waals surface area contributed by atoms with E-state index in [4.69, 9.17) is 4.74 Å². The Morgan fingerprint density at radius 3 is 2.80 bits per heavy atom. The van der Waals surface area contributed by atoms with Crippen molar-refractivity contribution in [3.63, 3.8) is 0 Å². The lowest BCUT2D eigenvalue weighted by atomic mass is 10.1. The van der Waals surface area contributed by atoms with Crippen LogP contribution in [0.15, 0.2) is 54.7 Å². The summed E-state index contributed by atoms with van der Waals surface area (Å²) >= 11 is 0. The zero-order chi connectivity index (χ0) is 17.6. The predicted octanol–water partition coefficient (Wildman–Crippen LogP) is 4.81. The van der Waals surface area contributed by atoms with E-state index in [0.29, 0.717) is 23.6 Å². The van der Waals surface area contributed by atoms with Gasteiger partial charge in [0.15, 0.2) is 0 Å². The van der Waals surface area contributed by atoms with Gasteiger partial charge in [-0.15, -0.1) is 0 Å². The third kappa shape index (κ3) is 3.76. The van der Waals surface area contributed by atoms with E-state index in [2.05, 4.69) is 17.2 Å². The van der Waals surface area contributed by atoms with Crippen molar-refractivity contribution in [1.82, 2.24) is 4.98 Å². The summed E-state index contributed by atoms with van der Waals surface area (Å²) in [5, 5.41) is 3.51. The first-order valence-corrected chi connectivity index (χ1v) is 8.27. The van der Waals surface area contributed by atoms with Crippen molar-refractivity contribution in [2.24, 2.45) is 0 Å². The molecule has 4 nitrogen and oxygen atoms in total. The van der Waals surface area contributed by atoms with Crippen LogP contribution in [0.4, 0.5) is 10.1 Å². The fraction of sp³-hybridized carbons (Fsp3) is 0.200.